The molecule has 1 aliphatic heterocycles. The maximum absolute atomic E-state index is 10.3. The van der Waals surface area contributed by atoms with Crippen molar-refractivity contribution in [1.82, 2.24) is 0 Å². The third-order valence-corrected chi connectivity index (χ3v) is 2.77. The van der Waals surface area contributed by atoms with E-state index in [1.54, 1.807) is 0 Å². The van der Waals surface area contributed by atoms with Crippen molar-refractivity contribution in [1.29, 1.82) is 0 Å². The smallest absolute Gasteiger partial charge is 0.227 e. The molecule has 1 saturated heterocycles. The second-order valence-electron chi connectivity index (χ2n) is 2.42. The SMILES string of the molecule is NC(=O)CSC1COCC1O. The van der Waals surface area contributed by atoms with Crippen LogP contribution in [0.2, 0.25) is 0 Å². The molecule has 2 unspecified atom stereocenters. The highest BCUT2D eigenvalue weighted by Gasteiger charge is 2.26. The van der Waals surface area contributed by atoms with Crippen molar-refractivity contribution < 1.29 is 14.6 Å². The van der Waals surface area contributed by atoms with Gasteiger partial charge in [-0.15, -0.1) is 11.8 Å². The first-order chi connectivity index (χ1) is 5.20. The molecule has 5 heteroatoms. The van der Waals surface area contributed by atoms with Crippen LogP contribution in [-0.4, -0.2) is 41.3 Å². The summed E-state index contributed by atoms with van der Waals surface area (Å²) in [4.78, 5) is 10.3. The van der Waals surface area contributed by atoms with E-state index in [4.69, 9.17) is 10.5 Å². The number of rotatable bonds is 3. The molecule has 0 bridgehead atoms. The Kier molecular flexibility index (Phi) is 3.16. The van der Waals surface area contributed by atoms with Gasteiger partial charge in [0.2, 0.25) is 5.91 Å². The van der Waals surface area contributed by atoms with Crippen molar-refractivity contribution in [3.8, 4) is 0 Å². The monoisotopic (exact) mass is 177 g/mol. The lowest BCUT2D eigenvalue weighted by molar-refractivity contribution is -0.115. The Hall–Kier alpha value is -0.260. The molecule has 0 saturated carbocycles. The molecule has 1 aliphatic rings. The van der Waals surface area contributed by atoms with E-state index in [1.807, 2.05) is 0 Å². The van der Waals surface area contributed by atoms with Gasteiger partial charge in [-0.2, -0.15) is 0 Å². The third kappa shape index (κ3) is 2.69. The highest BCUT2D eigenvalue weighted by Crippen LogP contribution is 2.20. The molecule has 0 spiro atoms. The van der Waals surface area contributed by atoms with Crippen LogP contribution in [0.3, 0.4) is 0 Å². The number of amides is 1. The lowest BCUT2D eigenvalue weighted by atomic mass is 10.3. The minimum absolute atomic E-state index is 0.0162. The van der Waals surface area contributed by atoms with Gasteiger partial charge in [-0.1, -0.05) is 0 Å². The second kappa shape index (κ2) is 3.94. The summed E-state index contributed by atoms with van der Waals surface area (Å²) in [7, 11) is 0. The van der Waals surface area contributed by atoms with Crippen molar-refractivity contribution >= 4 is 17.7 Å². The van der Waals surface area contributed by atoms with Crippen LogP contribution in [0.15, 0.2) is 0 Å². The average Bonchev–Trinajstić information content (AvgIpc) is 2.31. The van der Waals surface area contributed by atoms with Gasteiger partial charge in [0, 0.05) is 0 Å². The predicted octanol–water partition coefficient (Wildman–Crippen LogP) is -1.04. The van der Waals surface area contributed by atoms with Crippen molar-refractivity contribution in [2.45, 2.75) is 11.4 Å². The molecule has 0 aromatic rings. The zero-order valence-corrected chi connectivity index (χ0v) is 6.84. The number of primary amides is 1. The zero-order valence-electron chi connectivity index (χ0n) is 6.03. The van der Waals surface area contributed by atoms with Gasteiger partial charge in [0.15, 0.2) is 0 Å². The average molecular weight is 177 g/mol. The Labute approximate surface area is 69.1 Å². The minimum atomic E-state index is -0.445. The zero-order chi connectivity index (χ0) is 8.27. The first-order valence-electron chi connectivity index (χ1n) is 3.36. The molecule has 1 amide bonds. The highest BCUT2D eigenvalue weighted by molar-refractivity contribution is 8.00. The summed E-state index contributed by atoms with van der Waals surface area (Å²) in [6.07, 6.45) is -0.445. The number of carbonyl (C=O) groups excluding carboxylic acids is 1. The van der Waals surface area contributed by atoms with Crippen LogP contribution in [0.25, 0.3) is 0 Å². The van der Waals surface area contributed by atoms with E-state index in [2.05, 4.69) is 0 Å². The second-order valence-corrected chi connectivity index (χ2v) is 3.65. The quantitative estimate of drug-likeness (QED) is 0.578. The van der Waals surface area contributed by atoms with E-state index in [-0.39, 0.29) is 16.9 Å². The van der Waals surface area contributed by atoms with Crippen LogP contribution >= 0.6 is 11.8 Å². The molecule has 1 heterocycles. The normalized spacial score (nSPS) is 30.6. The van der Waals surface area contributed by atoms with Crippen LogP contribution < -0.4 is 5.73 Å². The summed E-state index contributed by atoms with van der Waals surface area (Å²) in [6, 6.07) is 0. The number of aliphatic hydroxyl groups excluding tert-OH is 1. The molecule has 0 aliphatic carbocycles. The number of hydrogen-bond acceptors (Lipinski definition) is 4. The van der Waals surface area contributed by atoms with Crippen LogP contribution in [0.1, 0.15) is 0 Å². The van der Waals surface area contributed by atoms with E-state index in [0.29, 0.717) is 13.2 Å². The van der Waals surface area contributed by atoms with Crippen LogP contribution in [0, 0.1) is 0 Å². The van der Waals surface area contributed by atoms with Crippen molar-refractivity contribution in [2.24, 2.45) is 5.73 Å². The van der Waals surface area contributed by atoms with E-state index < -0.39 is 6.10 Å². The highest BCUT2D eigenvalue weighted by atomic mass is 32.2. The Balaban J connectivity index is 2.20. The number of carbonyl (C=O) groups is 1. The Morgan fingerprint density at radius 2 is 2.45 bits per heavy atom. The predicted molar refractivity (Wildman–Crippen MR) is 42.3 cm³/mol. The first kappa shape index (κ1) is 8.83. The standard InChI is InChI=1S/C6H11NO3S/c7-6(9)3-11-5-2-10-1-4(5)8/h4-5,8H,1-3H2,(H2,7,9). The van der Waals surface area contributed by atoms with Gasteiger partial charge in [-0.05, 0) is 0 Å². The molecule has 0 radical (unpaired) electrons. The van der Waals surface area contributed by atoms with Gasteiger partial charge in [0.05, 0.1) is 30.3 Å². The Morgan fingerprint density at radius 3 is 2.91 bits per heavy atom. The topological polar surface area (TPSA) is 72.6 Å². The lowest BCUT2D eigenvalue weighted by Gasteiger charge is -2.09. The molecular formula is C6H11NO3S. The fourth-order valence-corrected chi connectivity index (χ4v) is 1.74. The first-order valence-corrected chi connectivity index (χ1v) is 4.40. The van der Waals surface area contributed by atoms with Gasteiger partial charge in [0.1, 0.15) is 0 Å². The number of aliphatic hydroxyl groups is 1. The van der Waals surface area contributed by atoms with Crippen LogP contribution in [0.5, 0.6) is 0 Å². The lowest BCUT2D eigenvalue weighted by Crippen LogP contribution is -2.23. The molecule has 2 atom stereocenters. The molecule has 4 nitrogen and oxygen atoms in total. The van der Waals surface area contributed by atoms with Gasteiger partial charge in [-0.25, -0.2) is 0 Å². The number of ether oxygens (including phenoxy) is 1. The van der Waals surface area contributed by atoms with E-state index >= 15 is 0 Å². The van der Waals surface area contributed by atoms with Crippen LogP contribution in [0.4, 0.5) is 0 Å². The molecule has 0 aromatic heterocycles. The van der Waals surface area contributed by atoms with Gasteiger partial charge >= 0.3 is 0 Å². The summed E-state index contributed by atoms with van der Waals surface area (Å²) in [5, 5.41) is 9.22. The fourth-order valence-electron chi connectivity index (χ4n) is 0.872. The van der Waals surface area contributed by atoms with E-state index in [1.165, 1.54) is 11.8 Å². The summed E-state index contributed by atoms with van der Waals surface area (Å²) >= 11 is 1.35. The van der Waals surface area contributed by atoms with Crippen LogP contribution in [-0.2, 0) is 9.53 Å². The molecule has 3 N–H and O–H groups in total. The molecule has 11 heavy (non-hydrogen) atoms. The summed E-state index contributed by atoms with van der Waals surface area (Å²) < 4.78 is 4.98. The maximum atomic E-state index is 10.3. The largest absolute Gasteiger partial charge is 0.389 e. The molecule has 64 valence electrons. The number of hydrogen-bond donors (Lipinski definition) is 2. The molecule has 1 fully saturated rings. The molecule has 0 aromatic carbocycles. The minimum Gasteiger partial charge on any atom is -0.389 e. The number of thioether (sulfide) groups is 1. The third-order valence-electron chi connectivity index (χ3n) is 1.44. The summed E-state index contributed by atoms with van der Waals surface area (Å²) in [6.45, 7) is 0.884. The summed E-state index contributed by atoms with van der Waals surface area (Å²) in [5.41, 5.74) is 4.93. The molecule has 1 rings (SSSR count). The van der Waals surface area contributed by atoms with E-state index in [0.717, 1.165) is 0 Å². The Morgan fingerprint density at radius 1 is 1.73 bits per heavy atom. The number of nitrogens with two attached hydrogens (primary N) is 1. The van der Waals surface area contributed by atoms with Crippen molar-refractivity contribution in [2.75, 3.05) is 19.0 Å². The van der Waals surface area contributed by atoms with Crippen molar-refractivity contribution in [3.63, 3.8) is 0 Å². The Bertz CT molecular complexity index is 153. The maximum Gasteiger partial charge on any atom is 0.227 e. The molecular weight excluding hydrogens is 166 g/mol. The van der Waals surface area contributed by atoms with E-state index in [9.17, 15) is 9.90 Å². The van der Waals surface area contributed by atoms with Gasteiger partial charge in [-0.3, -0.25) is 4.79 Å². The van der Waals surface area contributed by atoms with Crippen molar-refractivity contribution in [3.05, 3.63) is 0 Å². The van der Waals surface area contributed by atoms with Gasteiger partial charge < -0.3 is 15.6 Å². The van der Waals surface area contributed by atoms with Gasteiger partial charge in [0.25, 0.3) is 0 Å². The fraction of sp³-hybridized carbons (Fsp3) is 0.833. The summed E-state index contributed by atoms with van der Waals surface area (Å²) in [5.74, 6) is -0.0976.